The molecule has 2 aromatic rings. The maximum Gasteiger partial charge on any atom is 0.275 e. The minimum Gasteiger partial charge on any atom is -0.333 e. The number of hydrogen-bond donors (Lipinski definition) is 0. The van der Waals surface area contributed by atoms with Crippen molar-refractivity contribution in [3.05, 3.63) is 47.0 Å². The second-order valence-corrected chi connectivity index (χ2v) is 6.58. The van der Waals surface area contributed by atoms with E-state index in [-0.39, 0.29) is 5.91 Å². The molecule has 0 unspecified atom stereocenters. The minimum absolute atomic E-state index is 0.00294. The fourth-order valence-corrected chi connectivity index (χ4v) is 3.55. The zero-order valence-electron chi connectivity index (χ0n) is 12.6. The third-order valence-corrected chi connectivity index (χ3v) is 4.79. The van der Waals surface area contributed by atoms with Crippen LogP contribution < -0.4 is 0 Å². The molecule has 1 fully saturated rings. The Labute approximate surface area is 135 Å². The molecule has 1 aliphatic carbocycles. The van der Waals surface area contributed by atoms with Crippen molar-refractivity contribution in [3.8, 4) is 0 Å². The molecular formula is C17H21N3OS. The van der Waals surface area contributed by atoms with Gasteiger partial charge in [0.2, 0.25) is 0 Å². The number of carbonyl (C=O) groups excluding carboxylic acids is 1. The van der Waals surface area contributed by atoms with Crippen LogP contribution in [-0.4, -0.2) is 26.9 Å². The standard InChI is InChI=1S/C17H21N3OS/c21-17(16-13-22-19-18-16)20(11-14-7-3-1-4-8-14)12-15-9-5-2-6-10-15/h1,3-4,7-8,13,15H,2,5-6,9-12H2. The Kier molecular flexibility index (Phi) is 5.16. The van der Waals surface area contributed by atoms with Crippen LogP contribution in [0.15, 0.2) is 35.7 Å². The lowest BCUT2D eigenvalue weighted by molar-refractivity contribution is 0.0693. The monoisotopic (exact) mass is 315 g/mol. The summed E-state index contributed by atoms with van der Waals surface area (Å²) < 4.78 is 3.82. The molecule has 0 radical (unpaired) electrons. The first-order valence-corrected chi connectivity index (χ1v) is 8.77. The second kappa shape index (κ2) is 7.49. The van der Waals surface area contributed by atoms with Gasteiger partial charge in [0.1, 0.15) is 0 Å². The molecule has 0 spiro atoms. The molecule has 5 heteroatoms. The third-order valence-electron chi connectivity index (χ3n) is 4.29. The maximum absolute atomic E-state index is 12.7. The Morgan fingerprint density at radius 2 is 1.95 bits per heavy atom. The van der Waals surface area contributed by atoms with Gasteiger partial charge in [0.15, 0.2) is 5.69 Å². The Balaban J connectivity index is 1.73. The Hall–Kier alpha value is -1.75. The van der Waals surface area contributed by atoms with Crippen LogP contribution in [0.25, 0.3) is 0 Å². The molecule has 3 rings (SSSR count). The van der Waals surface area contributed by atoms with Crippen LogP contribution >= 0.6 is 11.5 Å². The fourth-order valence-electron chi connectivity index (χ4n) is 3.12. The van der Waals surface area contributed by atoms with Gasteiger partial charge >= 0.3 is 0 Å². The maximum atomic E-state index is 12.7. The van der Waals surface area contributed by atoms with Crippen LogP contribution in [0.4, 0.5) is 0 Å². The molecule has 116 valence electrons. The summed E-state index contributed by atoms with van der Waals surface area (Å²) in [6.45, 7) is 1.47. The third kappa shape index (κ3) is 3.91. The van der Waals surface area contributed by atoms with Gasteiger partial charge < -0.3 is 4.90 Å². The van der Waals surface area contributed by atoms with Crippen molar-refractivity contribution in [3.63, 3.8) is 0 Å². The predicted molar refractivity (Wildman–Crippen MR) is 87.7 cm³/mol. The highest BCUT2D eigenvalue weighted by atomic mass is 32.1. The highest BCUT2D eigenvalue weighted by molar-refractivity contribution is 7.03. The Morgan fingerprint density at radius 3 is 2.64 bits per heavy atom. The zero-order chi connectivity index (χ0) is 15.2. The minimum atomic E-state index is 0.00294. The molecule has 22 heavy (non-hydrogen) atoms. The molecule has 0 saturated heterocycles. The van der Waals surface area contributed by atoms with E-state index in [4.69, 9.17) is 0 Å². The van der Waals surface area contributed by atoms with E-state index in [1.165, 1.54) is 43.6 Å². The van der Waals surface area contributed by atoms with Crippen LogP contribution in [0, 0.1) is 5.92 Å². The molecule has 0 aliphatic heterocycles. The van der Waals surface area contributed by atoms with Crippen molar-refractivity contribution in [2.75, 3.05) is 6.54 Å². The second-order valence-electron chi connectivity index (χ2n) is 5.97. The number of benzene rings is 1. The average Bonchev–Trinajstić information content (AvgIpc) is 3.10. The Bertz CT molecular complexity index is 579. The molecule has 0 N–H and O–H groups in total. The van der Waals surface area contributed by atoms with E-state index >= 15 is 0 Å². The van der Waals surface area contributed by atoms with Crippen molar-refractivity contribution in [2.45, 2.75) is 38.6 Å². The van der Waals surface area contributed by atoms with Gasteiger partial charge in [0.25, 0.3) is 5.91 Å². The van der Waals surface area contributed by atoms with Gasteiger partial charge in [0.05, 0.1) is 0 Å². The van der Waals surface area contributed by atoms with E-state index in [1.807, 2.05) is 23.1 Å². The normalized spacial score (nSPS) is 15.6. The van der Waals surface area contributed by atoms with Gasteiger partial charge in [0, 0.05) is 18.5 Å². The van der Waals surface area contributed by atoms with Crippen LogP contribution in [0.5, 0.6) is 0 Å². The summed E-state index contributed by atoms with van der Waals surface area (Å²) in [4.78, 5) is 14.7. The van der Waals surface area contributed by atoms with Gasteiger partial charge in [-0.15, -0.1) is 5.10 Å². The number of nitrogens with zero attached hydrogens (tertiary/aromatic N) is 3. The highest BCUT2D eigenvalue weighted by Gasteiger charge is 2.23. The van der Waals surface area contributed by atoms with Gasteiger partial charge in [-0.3, -0.25) is 4.79 Å². The molecule has 1 amide bonds. The van der Waals surface area contributed by atoms with E-state index in [1.54, 1.807) is 5.38 Å². The number of aromatic nitrogens is 2. The van der Waals surface area contributed by atoms with E-state index in [0.717, 1.165) is 12.1 Å². The average molecular weight is 315 g/mol. The van der Waals surface area contributed by atoms with Crippen LogP contribution in [0.2, 0.25) is 0 Å². The number of amides is 1. The van der Waals surface area contributed by atoms with E-state index in [0.29, 0.717) is 18.2 Å². The molecule has 0 atom stereocenters. The summed E-state index contributed by atoms with van der Waals surface area (Å²) in [6, 6.07) is 10.2. The van der Waals surface area contributed by atoms with Gasteiger partial charge in [-0.2, -0.15) is 0 Å². The lowest BCUT2D eigenvalue weighted by Crippen LogP contribution is -2.35. The molecule has 1 aromatic carbocycles. The molecule has 1 aromatic heterocycles. The first-order chi connectivity index (χ1) is 10.8. The highest BCUT2D eigenvalue weighted by Crippen LogP contribution is 2.25. The number of carbonyl (C=O) groups is 1. The molecular weight excluding hydrogens is 294 g/mol. The van der Waals surface area contributed by atoms with Crippen LogP contribution in [0.3, 0.4) is 0 Å². The summed E-state index contributed by atoms with van der Waals surface area (Å²) in [5.41, 5.74) is 1.63. The quantitative estimate of drug-likeness (QED) is 0.844. The molecule has 1 aliphatic rings. The van der Waals surface area contributed by atoms with Crippen molar-refractivity contribution in [1.29, 1.82) is 0 Å². The van der Waals surface area contributed by atoms with Gasteiger partial charge in [-0.1, -0.05) is 54.1 Å². The predicted octanol–water partition coefficient (Wildman–Crippen LogP) is 3.76. The number of hydrogen-bond acceptors (Lipinski definition) is 4. The zero-order valence-corrected chi connectivity index (χ0v) is 13.5. The smallest absolute Gasteiger partial charge is 0.275 e. The number of rotatable bonds is 5. The first kappa shape index (κ1) is 15.2. The van der Waals surface area contributed by atoms with E-state index in [9.17, 15) is 4.79 Å². The van der Waals surface area contributed by atoms with Crippen molar-refractivity contribution in [2.24, 2.45) is 5.92 Å². The van der Waals surface area contributed by atoms with Gasteiger partial charge in [-0.25, -0.2) is 0 Å². The summed E-state index contributed by atoms with van der Waals surface area (Å²) in [7, 11) is 0. The fraction of sp³-hybridized carbons (Fsp3) is 0.471. The van der Waals surface area contributed by atoms with Crippen LogP contribution in [0.1, 0.15) is 48.2 Å². The van der Waals surface area contributed by atoms with E-state index in [2.05, 4.69) is 21.7 Å². The summed E-state index contributed by atoms with van der Waals surface area (Å²) in [5, 5.41) is 5.69. The van der Waals surface area contributed by atoms with Crippen molar-refractivity contribution >= 4 is 17.4 Å². The lowest BCUT2D eigenvalue weighted by atomic mass is 9.89. The van der Waals surface area contributed by atoms with Gasteiger partial charge in [-0.05, 0) is 35.9 Å². The molecule has 1 saturated carbocycles. The van der Waals surface area contributed by atoms with Crippen molar-refractivity contribution < 1.29 is 4.79 Å². The summed E-state index contributed by atoms with van der Waals surface area (Å²) in [5.74, 6) is 0.621. The van der Waals surface area contributed by atoms with Crippen molar-refractivity contribution in [1.82, 2.24) is 14.5 Å². The molecule has 4 nitrogen and oxygen atoms in total. The van der Waals surface area contributed by atoms with E-state index < -0.39 is 0 Å². The summed E-state index contributed by atoms with van der Waals surface area (Å²) in [6.07, 6.45) is 6.37. The van der Waals surface area contributed by atoms with Crippen LogP contribution in [-0.2, 0) is 6.54 Å². The Morgan fingerprint density at radius 1 is 1.18 bits per heavy atom. The first-order valence-electron chi connectivity index (χ1n) is 7.93. The SMILES string of the molecule is O=C(c1csnn1)N(Cc1ccccc1)CC1CCCCC1. The topological polar surface area (TPSA) is 46.1 Å². The molecule has 0 bridgehead atoms. The molecule has 1 heterocycles. The largest absolute Gasteiger partial charge is 0.333 e. The lowest BCUT2D eigenvalue weighted by Gasteiger charge is -2.29. The summed E-state index contributed by atoms with van der Waals surface area (Å²) >= 11 is 1.23.